The maximum Gasteiger partial charge on any atom is 0.277 e. The van der Waals surface area contributed by atoms with E-state index in [1.807, 2.05) is 37.3 Å². The normalized spacial score (nSPS) is 11.2. The minimum atomic E-state index is -0.284. The van der Waals surface area contributed by atoms with Gasteiger partial charge in [-0.1, -0.05) is 26.0 Å². The van der Waals surface area contributed by atoms with Crippen molar-refractivity contribution in [2.45, 2.75) is 26.7 Å². The highest BCUT2D eigenvalue weighted by atomic mass is 79.9. The summed E-state index contributed by atoms with van der Waals surface area (Å²) in [6.45, 7) is 6.14. The predicted molar refractivity (Wildman–Crippen MR) is 98.5 cm³/mol. The van der Waals surface area contributed by atoms with Crippen LogP contribution in [0.3, 0.4) is 0 Å². The fourth-order valence-electron chi connectivity index (χ4n) is 1.98. The maximum atomic E-state index is 11.8. The largest absolute Gasteiger partial charge is 0.483 e. The molecule has 0 spiro atoms. The van der Waals surface area contributed by atoms with Gasteiger partial charge in [-0.15, -0.1) is 11.3 Å². The molecule has 122 valence electrons. The molecule has 0 radical (unpaired) electrons. The van der Waals surface area contributed by atoms with Crippen LogP contribution in [-0.4, -0.2) is 18.7 Å². The van der Waals surface area contributed by atoms with Crippen LogP contribution in [0.2, 0.25) is 0 Å². The van der Waals surface area contributed by atoms with Crippen molar-refractivity contribution in [1.82, 2.24) is 5.43 Å². The number of halogens is 1. The topological polar surface area (TPSA) is 50.7 Å². The fraction of sp³-hybridized carbons (Fsp3) is 0.294. The van der Waals surface area contributed by atoms with Crippen molar-refractivity contribution in [2.75, 3.05) is 6.61 Å². The zero-order chi connectivity index (χ0) is 16.8. The molecule has 0 aliphatic heterocycles. The van der Waals surface area contributed by atoms with Gasteiger partial charge in [-0.25, -0.2) is 5.43 Å². The van der Waals surface area contributed by atoms with Crippen molar-refractivity contribution in [3.63, 3.8) is 0 Å². The van der Waals surface area contributed by atoms with E-state index in [0.29, 0.717) is 5.92 Å². The van der Waals surface area contributed by atoms with Crippen LogP contribution in [0.5, 0.6) is 5.75 Å². The van der Waals surface area contributed by atoms with Crippen LogP contribution in [0, 0.1) is 6.92 Å². The number of nitrogens with zero attached hydrogens (tertiary/aromatic N) is 1. The van der Waals surface area contributed by atoms with Crippen LogP contribution in [-0.2, 0) is 4.79 Å². The number of ether oxygens (including phenoxy) is 1. The van der Waals surface area contributed by atoms with Gasteiger partial charge in [-0.2, -0.15) is 5.10 Å². The summed E-state index contributed by atoms with van der Waals surface area (Å²) >= 11 is 4.92. The molecule has 0 bridgehead atoms. The van der Waals surface area contributed by atoms with Crippen LogP contribution < -0.4 is 10.2 Å². The monoisotopic (exact) mass is 394 g/mol. The van der Waals surface area contributed by atoms with Crippen LogP contribution in [0.4, 0.5) is 0 Å². The molecule has 0 saturated carbocycles. The maximum absolute atomic E-state index is 11.8. The molecular weight excluding hydrogens is 376 g/mol. The van der Waals surface area contributed by atoms with Gasteiger partial charge in [0.15, 0.2) is 6.61 Å². The lowest BCUT2D eigenvalue weighted by atomic mass is 10.0. The van der Waals surface area contributed by atoms with Gasteiger partial charge in [0.1, 0.15) is 5.75 Å². The predicted octanol–water partition coefficient (Wildman–Crippen LogP) is 4.47. The molecule has 0 aliphatic carbocycles. The highest BCUT2D eigenvalue weighted by molar-refractivity contribution is 9.11. The minimum absolute atomic E-state index is 0.0609. The summed E-state index contributed by atoms with van der Waals surface area (Å²) in [6, 6.07) is 9.89. The van der Waals surface area contributed by atoms with E-state index in [9.17, 15) is 4.79 Å². The van der Waals surface area contributed by atoms with Crippen molar-refractivity contribution in [2.24, 2.45) is 5.10 Å². The van der Waals surface area contributed by atoms with Crippen molar-refractivity contribution in [1.29, 1.82) is 0 Å². The van der Waals surface area contributed by atoms with Gasteiger partial charge < -0.3 is 4.74 Å². The number of amides is 1. The Morgan fingerprint density at radius 2 is 2.17 bits per heavy atom. The summed E-state index contributed by atoms with van der Waals surface area (Å²) in [7, 11) is 0. The first kappa shape index (κ1) is 17.7. The van der Waals surface area contributed by atoms with Gasteiger partial charge in [-0.05, 0) is 58.1 Å². The summed E-state index contributed by atoms with van der Waals surface area (Å²) in [5.41, 5.74) is 4.67. The second-order valence-corrected chi connectivity index (χ2v) is 7.91. The van der Waals surface area contributed by atoms with Crippen LogP contribution in [0.25, 0.3) is 0 Å². The number of rotatable bonds is 6. The molecule has 0 aliphatic rings. The molecule has 1 N–H and O–H groups in total. The molecule has 1 aromatic carbocycles. The number of hydrogen-bond donors (Lipinski definition) is 1. The van der Waals surface area contributed by atoms with E-state index in [1.54, 1.807) is 17.6 Å². The Kier molecular flexibility index (Phi) is 6.36. The highest BCUT2D eigenvalue weighted by Crippen LogP contribution is 2.27. The standard InChI is InChI=1S/C17H19BrN2O2S/c1-11(2)14-6-4-12(3)8-15(14)22-10-17(21)20-19-9-13-5-7-16(18)23-13/h4-9,11H,10H2,1-3H3,(H,20,21). The minimum Gasteiger partial charge on any atom is -0.483 e. The van der Waals surface area contributed by atoms with Crippen LogP contribution in [0.1, 0.15) is 35.8 Å². The second-order valence-electron chi connectivity index (χ2n) is 5.42. The van der Waals surface area contributed by atoms with Gasteiger partial charge in [0, 0.05) is 4.88 Å². The number of aryl methyl sites for hydroxylation is 1. The van der Waals surface area contributed by atoms with Gasteiger partial charge in [0.25, 0.3) is 5.91 Å². The van der Waals surface area contributed by atoms with Crippen LogP contribution >= 0.6 is 27.3 Å². The number of benzene rings is 1. The molecule has 1 aromatic heterocycles. The molecular formula is C17H19BrN2O2S. The molecule has 0 atom stereocenters. The first-order valence-electron chi connectivity index (χ1n) is 7.26. The Balaban J connectivity index is 1.89. The van der Waals surface area contributed by atoms with Crippen molar-refractivity contribution in [3.05, 3.63) is 50.1 Å². The highest BCUT2D eigenvalue weighted by Gasteiger charge is 2.10. The molecule has 1 heterocycles. The molecule has 23 heavy (non-hydrogen) atoms. The average molecular weight is 395 g/mol. The van der Waals surface area contributed by atoms with Gasteiger partial charge in [-0.3, -0.25) is 4.79 Å². The molecule has 4 nitrogen and oxygen atoms in total. The van der Waals surface area contributed by atoms with Gasteiger partial charge >= 0.3 is 0 Å². The van der Waals surface area contributed by atoms with Crippen molar-refractivity contribution in [3.8, 4) is 5.75 Å². The Labute approximate surface area is 148 Å². The zero-order valence-electron chi connectivity index (χ0n) is 13.3. The van der Waals surface area contributed by atoms with E-state index in [1.165, 1.54) is 0 Å². The molecule has 2 rings (SSSR count). The fourth-order valence-corrected chi connectivity index (χ4v) is 3.28. The summed E-state index contributed by atoms with van der Waals surface area (Å²) in [5.74, 6) is 0.804. The lowest BCUT2D eigenvalue weighted by molar-refractivity contribution is -0.123. The number of nitrogens with one attached hydrogen (secondary N) is 1. The lowest BCUT2D eigenvalue weighted by Crippen LogP contribution is -2.24. The lowest BCUT2D eigenvalue weighted by Gasteiger charge is -2.14. The number of hydrazone groups is 1. The van der Waals surface area contributed by atoms with E-state index in [-0.39, 0.29) is 12.5 Å². The van der Waals surface area contributed by atoms with E-state index in [0.717, 1.165) is 25.5 Å². The SMILES string of the molecule is Cc1ccc(C(C)C)c(OCC(=O)NN=Cc2ccc(Br)s2)c1. The van der Waals surface area contributed by atoms with Crippen LogP contribution in [0.15, 0.2) is 39.2 Å². The first-order chi connectivity index (χ1) is 11.0. The zero-order valence-corrected chi connectivity index (χ0v) is 15.7. The average Bonchev–Trinajstić information content (AvgIpc) is 2.90. The molecule has 6 heteroatoms. The Morgan fingerprint density at radius 3 is 2.83 bits per heavy atom. The number of carbonyl (C=O) groups is 1. The van der Waals surface area contributed by atoms with E-state index < -0.39 is 0 Å². The molecule has 1 amide bonds. The summed E-state index contributed by atoms with van der Waals surface area (Å²) in [6.07, 6.45) is 1.61. The van der Waals surface area contributed by atoms with Crippen molar-refractivity contribution < 1.29 is 9.53 Å². The van der Waals surface area contributed by atoms with Crippen molar-refractivity contribution >= 4 is 39.4 Å². The summed E-state index contributed by atoms with van der Waals surface area (Å²) < 4.78 is 6.68. The third-order valence-corrected chi connectivity index (χ3v) is 4.68. The molecule has 0 saturated heterocycles. The Hall–Kier alpha value is -1.66. The quantitative estimate of drug-likeness (QED) is 0.580. The second kappa shape index (κ2) is 8.26. The summed E-state index contributed by atoms with van der Waals surface area (Å²) in [4.78, 5) is 12.8. The van der Waals surface area contributed by atoms with E-state index in [4.69, 9.17) is 4.74 Å². The third-order valence-electron chi connectivity index (χ3n) is 3.12. The third kappa shape index (κ3) is 5.48. The number of thiophene rings is 1. The van der Waals surface area contributed by atoms with E-state index >= 15 is 0 Å². The Bertz CT molecular complexity index is 710. The van der Waals surface area contributed by atoms with E-state index in [2.05, 4.69) is 40.3 Å². The molecule has 0 fully saturated rings. The smallest absolute Gasteiger partial charge is 0.277 e. The number of carbonyl (C=O) groups excluding carboxylic acids is 1. The van der Waals surface area contributed by atoms with Gasteiger partial charge in [0.2, 0.25) is 0 Å². The van der Waals surface area contributed by atoms with Gasteiger partial charge in [0.05, 0.1) is 10.0 Å². The molecule has 2 aromatic rings. The summed E-state index contributed by atoms with van der Waals surface area (Å²) in [5, 5.41) is 3.93. The first-order valence-corrected chi connectivity index (χ1v) is 8.87. The Morgan fingerprint density at radius 1 is 1.39 bits per heavy atom. The molecule has 0 unspecified atom stereocenters. The number of hydrogen-bond acceptors (Lipinski definition) is 4.